The summed E-state index contributed by atoms with van der Waals surface area (Å²) in [5, 5.41) is 8.00. The zero-order chi connectivity index (χ0) is 14.4. The van der Waals surface area contributed by atoms with Crippen molar-refractivity contribution in [2.24, 2.45) is 0 Å². The topological polar surface area (TPSA) is 79.5 Å². The van der Waals surface area contributed by atoms with Crippen LogP contribution in [0.4, 0.5) is 10.5 Å². The molecule has 1 aliphatic heterocycles. The third-order valence-corrected chi connectivity index (χ3v) is 3.12. The van der Waals surface area contributed by atoms with E-state index in [9.17, 15) is 9.59 Å². The van der Waals surface area contributed by atoms with E-state index in [0.717, 1.165) is 19.4 Å². The zero-order valence-electron chi connectivity index (χ0n) is 11.4. The number of nitrogens with one attached hydrogen (secondary N) is 3. The Morgan fingerprint density at radius 3 is 2.95 bits per heavy atom. The highest BCUT2D eigenvalue weighted by Gasteiger charge is 2.16. The Bertz CT molecular complexity index is 484. The number of hydrogen-bond acceptors (Lipinski definition) is 3. The molecule has 0 aromatic heterocycles. The van der Waals surface area contributed by atoms with Crippen LogP contribution in [0.1, 0.15) is 23.2 Å². The highest BCUT2D eigenvalue weighted by Crippen LogP contribution is 2.12. The van der Waals surface area contributed by atoms with Gasteiger partial charge in [0.15, 0.2) is 0 Å². The van der Waals surface area contributed by atoms with Gasteiger partial charge < -0.3 is 20.7 Å². The van der Waals surface area contributed by atoms with Crippen molar-refractivity contribution >= 4 is 17.6 Å². The number of carbonyl (C=O) groups excluding carboxylic acids is 2. The summed E-state index contributed by atoms with van der Waals surface area (Å²) in [7, 11) is 1.57. The minimum atomic E-state index is -0.297. The van der Waals surface area contributed by atoms with Crippen LogP contribution in [0, 0.1) is 0 Å². The minimum Gasteiger partial charge on any atom is -0.376 e. The molecule has 0 saturated carbocycles. The Morgan fingerprint density at radius 2 is 2.25 bits per heavy atom. The summed E-state index contributed by atoms with van der Waals surface area (Å²) < 4.78 is 5.42. The van der Waals surface area contributed by atoms with Crippen molar-refractivity contribution < 1.29 is 14.3 Å². The van der Waals surface area contributed by atoms with Crippen molar-refractivity contribution in [3.05, 3.63) is 29.8 Å². The molecule has 0 unspecified atom stereocenters. The molecule has 1 aromatic carbocycles. The molecule has 1 fully saturated rings. The summed E-state index contributed by atoms with van der Waals surface area (Å²) in [5.74, 6) is -0.187. The molecule has 0 radical (unpaired) electrons. The quantitative estimate of drug-likeness (QED) is 0.777. The number of amides is 3. The molecule has 6 nitrogen and oxygen atoms in total. The lowest BCUT2D eigenvalue weighted by Gasteiger charge is -2.12. The van der Waals surface area contributed by atoms with Crippen LogP contribution in [0.25, 0.3) is 0 Å². The average Bonchev–Trinajstić information content (AvgIpc) is 2.98. The average molecular weight is 277 g/mol. The monoisotopic (exact) mass is 277 g/mol. The Balaban J connectivity index is 1.85. The van der Waals surface area contributed by atoms with Crippen molar-refractivity contribution in [2.45, 2.75) is 18.9 Å². The van der Waals surface area contributed by atoms with E-state index in [0.29, 0.717) is 17.8 Å². The van der Waals surface area contributed by atoms with Crippen LogP contribution in [-0.4, -0.2) is 38.2 Å². The van der Waals surface area contributed by atoms with E-state index in [1.54, 1.807) is 31.3 Å². The number of benzene rings is 1. The van der Waals surface area contributed by atoms with Crippen LogP contribution in [0.5, 0.6) is 0 Å². The normalized spacial score (nSPS) is 17.6. The van der Waals surface area contributed by atoms with Crippen molar-refractivity contribution in [2.75, 3.05) is 25.5 Å². The molecule has 1 aliphatic rings. The Morgan fingerprint density at radius 1 is 1.40 bits per heavy atom. The highest BCUT2D eigenvalue weighted by atomic mass is 16.5. The molecule has 1 heterocycles. The molecule has 1 atom stereocenters. The molecular formula is C14H19N3O3. The molecule has 0 spiro atoms. The lowest BCUT2D eigenvalue weighted by atomic mass is 10.2. The third-order valence-electron chi connectivity index (χ3n) is 3.12. The number of rotatable bonds is 4. The standard InChI is InChI=1S/C14H19N3O3/c1-15-13(18)10-4-2-5-11(8-10)17-14(19)16-9-12-6-3-7-20-12/h2,4-5,8,12H,3,6-7,9H2,1H3,(H,15,18)(H2,16,17,19)/t12-/m0/s1. The van der Waals surface area contributed by atoms with Crippen molar-refractivity contribution in [1.29, 1.82) is 0 Å². The van der Waals surface area contributed by atoms with Gasteiger partial charge in [0.1, 0.15) is 0 Å². The van der Waals surface area contributed by atoms with Crippen molar-refractivity contribution in [1.82, 2.24) is 10.6 Å². The molecule has 0 bridgehead atoms. The number of hydrogen-bond donors (Lipinski definition) is 3. The summed E-state index contributed by atoms with van der Waals surface area (Å²) in [6.07, 6.45) is 2.13. The van der Waals surface area contributed by atoms with Gasteiger partial charge in [-0.1, -0.05) is 6.07 Å². The first-order valence-electron chi connectivity index (χ1n) is 6.67. The fourth-order valence-electron chi connectivity index (χ4n) is 2.07. The minimum absolute atomic E-state index is 0.109. The second-order valence-electron chi connectivity index (χ2n) is 4.63. The van der Waals surface area contributed by atoms with E-state index in [1.807, 2.05) is 0 Å². The van der Waals surface area contributed by atoms with Crippen molar-refractivity contribution in [3.63, 3.8) is 0 Å². The van der Waals surface area contributed by atoms with Crippen LogP contribution in [-0.2, 0) is 4.74 Å². The van der Waals surface area contributed by atoms with Crippen molar-refractivity contribution in [3.8, 4) is 0 Å². The first-order chi connectivity index (χ1) is 9.69. The molecule has 108 valence electrons. The maximum atomic E-state index is 11.7. The van der Waals surface area contributed by atoms with E-state index in [4.69, 9.17) is 4.74 Å². The summed E-state index contributed by atoms with van der Waals surface area (Å²) in [6.45, 7) is 1.27. The molecule has 1 aromatic rings. The van der Waals surface area contributed by atoms with E-state index >= 15 is 0 Å². The lowest BCUT2D eigenvalue weighted by Crippen LogP contribution is -2.35. The van der Waals surface area contributed by atoms with Gasteiger partial charge in [0.05, 0.1) is 6.10 Å². The SMILES string of the molecule is CNC(=O)c1cccc(NC(=O)NC[C@@H]2CCCO2)c1. The Hall–Kier alpha value is -2.08. The van der Waals surface area contributed by atoms with Crippen LogP contribution in [0.3, 0.4) is 0 Å². The van der Waals surface area contributed by atoms with Crippen LogP contribution in [0.15, 0.2) is 24.3 Å². The first-order valence-corrected chi connectivity index (χ1v) is 6.67. The van der Waals surface area contributed by atoms with E-state index in [2.05, 4.69) is 16.0 Å². The predicted molar refractivity (Wildman–Crippen MR) is 75.8 cm³/mol. The number of carbonyl (C=O) groups is 2. The number of ether oxygens (including phenoxy) is 1. The first kappa shape index (κ1) is 14.3. The maximum Gasteiger partial charge on any atom is 0.319 e. The summed E-state index contributed by atoms with van der Waals surface area (Å²) in [4.78, 5) is 23.2. The van der Waals surface area contributed by atoms with E-state index in [-0.39, 0.29) is 18.0 Å². The Kier molecular flexibility index (Phi) is 4.95. The van der Waals surface area contributed by atoms with Gasteiger partial charge in [0.25, 0.3) is 5.91 Å². The second kappa shape index (κ2) is 6.91. The smallest absolute Gasteiger partial charge is 0.319 e. The van der Waals surface area contributed by atoms with Gasteiger partial charge in [-0.2, -0.15) is 0 Å². The third kappa shape index (κ3) is 3.96. The maximum absolute atomic E-state index is 11.7. The van der Waals surface area contributed by atoms with Gasteiger partial charge >= 0.3 is 6.03 Å². The molecule has 6 heteroatoms. The number of anilines is 1. The molecule has 1 saturated heterocycles. The molecular weight excluding hydrogens is 258 g/mol. The molecule has 2 rings (SSSR count). The van der Waals surface area contributed by atoms with Gasteiger partial charge in [-0.05, 0) is 31.0 Å². The van der Waals surface area contributed by atoms with E-state index in [1.165, 1.54) is 0 Å². The van der Waals surface area contributed by atoms with Gasteiger partial charge in [-0.15, -0.1) is 0 Å². The van der Waals surface area contributed by atoms with E-state index < -0.39 is 0 Å². The molecule has 20 heavy (non-hydrogen) atoms. The predicted octanol–water partition coefficient (Wildman–Crippen LogP) is 1.35. The van der Waals surface area contributed by atoms with Crippen LogP contribution >= 0.6 is 0 Å². The summed E-state index contributed by atoms with van der Waals surface area (Å²) >= 11 is 0. The fraction of sp³-hybridized carbons (Fsp3) is 0.429. The Labute approximate surface area is 117 Å². The highest BCUT2D eigenvalue weighted by molar-refractivity contribution is 5.96. The number of urea groups is 1. The van der Waals surface area contributed by atoms with Gasteiger partial charge in [0, 0.05) is 31.5 Å². The second-order valence-corrected chi connectivity index (χ2v) is 4.63. The zero-order valence-corrected chi connectivity index (χ0v) is 11.4. The largest absolute Gasteiger partial charge is 0.376 e. The van der Waals surface area contributed by atoms with Gasteiger partial charge in [-0.3, -0.25) is 4.79 Å². The van der Waals surface area contributed by atoms with Gasteiger partial charge in [0.2, 0.25) is 0 Å². The van der Waals surface area contributed by atoms with Crippen LogP contribution in [0.2, 0.25) is 0 Å². The summed E-state index contributed by atoms with van der Waals surface area (Å²) in [6, 6.07) is 6.48. The lowest BCUT2D eigenvalue weighted by molar-refractivity contribution is 0.0963. The molecule has 0 aliphatic carbocycles. The van der Waals surface area contributed by atoms with Crippen LogP contribution < -0.4 is 16.0 Å². The fourth-order valence-corrected chi connectivity index (χ4v) is 2.07. The van der Waals surface area contributed by atoms with Gasteiger partial charge in [-0.25, -0.2) is 4.79 Å². The molecule has 3 N–H and O–H groups in total. The summed E-state index contributed by atoms with van der Waals surface area (Å²) in [5.41, 5.74) is 1.08. The molecule has 3 amide bonds.